The largest absolute Gasteiger partial charge is 0.359 e. The van der Waals surface area contributed by atoms with E-state index in [4.69, 9.17) is 5.73 Å². The molecule has 0 unspecified atom stereocenters. The van der Waals surface area contributed by atoms with E-state index in [1.165, 1.54) is 0 Å². The van der Waals surface area contributed by atoms with Gasteiger partial charge in [0.25, 0.3) is 5.91 Å². The number of hydrogen-bond donors (Lipinski definition) is 3. The molecule has 0 heterocycles. The van der Waals surface area contributed by atoms with Gasteiger partial charge in [-0.3, -0.25) is 9.59 Å². The highest BCUT2D eigenvalue weighted by Gasteiger charge is 2.09. The van der Waals surface area contributed by atoms with Crippen LogP contribution >= 0.6 is 0 Å². The van der Waals surface area contributed by atoms with Crippen LogP contribution in [0.1, 0.15) is 22.3 Å². The molecule has 1 aromatic rings. The second kappa shape index (κ2) is 7.90. The van der Waals surface area contributed by atoms with E-state index >= 15 is 0 Å². The lowest BCUT2D eigenvalue weighted by atomic mass is 10.1. The molecular weight excluding hydrogens is 242 g/mol. The van der Waals surface area contributed by atoms with Crippen LogP contribution in [0.5, 0.6) is 0 Å². The molecule has 0 aliphatic rings. The molecule has 0 saturated heterocycles. The van der Waals surface area contributed by atoms with Gasteiger partial charge in [0.1, 0.15) is 0 Å². The molecule has 0 aliphatic heterocycles. The van der Waals surface area contributed by atoms with Crippen LogP contribution in [0.15, 0.2) is 24.3 Å². The Hall–Kier alpha value is -2.32. The first-order valence-electron chi connectivity index (χ1n) is 5.95. The van der Waals surface area contributed by atoms with Crippen molar-refractivity contribution in [3.8, 4) is 11.8 Å². The van der Waals surface area contributed by atoms with Crippen molar-refractivity contribution in [1.29, 1.82) is 0 Å². The van der Waals surface area contributed by atoms with Gasteiger partial charge in [-0.1, -0.05) is 24.0 Å². The van der Waals surface area contributed by atoms with Gasteiger partial charge in [-0.2, -0.15) is 0 Å². The molecule has 1 aromatic carbocycles. The summed E-state index contributed by atoms with van der Waals surface area (Å²) in [6, 6.07) is 7.02. The molecule has 2 amide bonds. The zero-order chi connectivity index (χ0) is 14.1. The minimum atomic E-state index is -0.245. The van der Waals surface area contributed by atoms with Crippen molar-refractivity contribution in [2.45, 2.75) is 6.42 Å². The lowest BCUT2D eigenvalue weighted by molar-refractivity contribution is -0.120. The molecule has 0 aliphatic carbocycles. The van der Waals surface area contributed by atoms with Crippen LogP contribution in [0.2, 0.25) is 0 Å². The molecule has 0 bridgehead atoms. The summed E-state index contributed by atoms with van der Waals surface area (Å²) in [5.74, 6) is 5.21. The van der Waals surface area contributed by atoms with E-state index in [9.17, 15) is 9.59 Å². The number of carbonyl (C=O) groups excluding carboxylic acids is 2. The molecule has 0 radical (unpaired) electrons. The van der Waals surface area contributed by atoms with Crippen LogP contribution in [-0.4, -0.2) is 32.0 Å². The number of amides is 2. The van der Waals surface area contributed by atoms with E-state index in [1.54, 1.807) is 25.2 Å². The van der Waals surface area contributed by atoms with E-state index in [-0.39, 0.29) is 31.3 Å². The van der Waals surface area contributed by atoms with Gasteiger partial charge in [-0.25, -0.2) is 0 Å². The van der Waals surface area contributed by atoms with Crippen LogP contribution in [0.3, 0.4) is 0 Å². The first kappa shape index (κ1) is 14.7. The molecule has 100 valence electrons. The smallest absolute Gasteiger partial charge is 0.252 e. The van der Waals surface area contributed by atoms with Gasteiger partial charge >= 0.3 is 0 Å². The quantitative estimate of drug-likeness (QED) is 0.658. The van der Waals surface area contributed by atoms with Gasteiger partial charge in [0.05, 0.1) is 12.1 Å². The lowest BCUT2D eigenvalue weighted by Crippen LogP contribution is -2.29. The number of rotatable bonds is 4. The summed E-state index contributed by atoms with van der Waals surface area (Å²) in [4.78, 5) is 23.0. The molecule has 1 rings (SSSR count). The van der Waals surface area contributed by atoms with Crippen molar-refractivity contribution in [2.75, 3.05) is 20.1 Å². The second-order valence-corrected chi connectivity index (χ2v) is 3.73. The van der Waals surface area contributed by atoms with Crippen molar-refractivity contribution in [1.82, 2.24) is 10.6 Å². The summed E-state index contributed by atoms with van der Waals surface area (Å²) in [6.07, 6.45) is 0.249. The number of nitrogens with two attached hydrogens (primary N) is 1. The van der Waals surface area contributed by atoms with Gasteiger partial charge in [0.2, 0.25) is 5.91 Å². The SMILES string of the molecule is CNC(=O)CCNC(=O)c1ccccc1C#CCN. The molecule has 19 heavy (non-hydrogen) atoms. The third kappa shape index (κ3) is 4.82. The Morgan fingerprint density at radius 3 is 2.74 bits per heavy atom. The zero-order valence-corrected chi connectivity index (χ0v) is 10.8. The molecule has 0 atom stereocenters. The Kier molecular flexibility index (Phi) is 6.13. The topological polar surface area (TPSA) is 84.2 Å². The molecule has 5 heteroatoms. The van der Waals surface area contributed by atoms with Gasteiger partial charge < -0.3 is 16.4 Å². The first-order valence-corrected chi connectivity index (χ1v) is 5.95. The van der Waals surface area contributed by atoms with E-state index in [0.29, 0.717) is 11.1 Å². The predicted octanol–water partition coefficient (Wildman–Crippen LogP) is -0.137. The summed E-state index contributed by atoms with van der Waals surface area (Å²) in [7, 11) is 1.56. The van der Waals surface area contributed by atoms with Gasteiger partial charge in [0, 0.05) is 25.6 Å². The molecular formula is C14H17N3O2. The maximum absolute atomic E-state index is 12.0. The van der Waals surface area contributed by atoms with E-state index in [1.807, 2.05) is 6.07 Å². The van der Waals surface area contributed by atoms with Crippen molar-refractivity contribution in [3.63, 3.8) is 0 Å². The van der Waals surface area contributed by atoms with E-state index in [0.717, 1.165) is 0 Å². The van der Waals surface area contributed by atoms with Crippen LogP contribution in [0.25, 0.3) is 0 Å². The molecule has 5 nitrogen and oxygen atoms in total. The minimum absolute atomic E-state index is 0.114. The lowest BCUT2D eigenvalue weighted by Gasteiger charge is -2.06. The summed E-state index contributed by atoms with van der Waals surface area (Å²) in [5.41, 5.74) is 6.43. The highest BCUT2D eigenvalue weighted by molar-refractivity contribution is 5.96. The minimum Gasteiger partial charge on any atom is -0.359 e. The number of hydrogen-bond acceptors (Lipinski definition) is 3. The summed E-state index contributed by atoms with van der Waals surface area (Å²) >= 11 is 0. The van der Waals surface area contributed by atoms with Crippen molar-refractivity contribution in [3.05, 3.63) is 35.4 Å². The highest BCUT2D eigenvalue weighted by atomic mass is 16.2. The Morgan fingerprint density at radius 2 is 2.05 bits per heavy atom. The molecule has 0 saturated carbocycles. The fraction of sp³-hybridized carbons (Fsp3) is 0.286. The first-order chi connectivity index (χ1) is 9.19. The Bertz CT molecular complexity index is 515. The number of benzene rings is 1. The van der Waals surface area contributed by atoms with Crippen LogP contribution in [0.4, 0.5) is 0 Å². The monoisotopic (exact) mass is 259 g/mol. The van der Waals surface area contributed by atoms with Crippen molar-refractivity contribution < 1.29 is 9.59 Å². The van der Waals surface area contributed by atoms with Gasteiger partial charge in [-0.15, -0.1) is 0 Å². The van der Waals surface area contributed by atoms with Gasteiger partial charge in [-0.05, 0) is 12.1 Å². The zero-order valence-electron chi connectivity index (χ0n) is 10.8. The highest BCUT2D eigenvalue weighted by Crippen LogP contribution is 2.06. The normalized spacial score (nSPS) is 9.16. The Morgan fingerprint density at radius 1 is 1.32 bits per heavy atom. The molecule has 0 aromatic heterocycles. The van der Waals surface area contributed by atoms with Crippen LogP contribution in [0, 0.1) is 11.8 Å². The molecule has 4 N–H and O–H groups in total. The van der Waals surface area contributed by atoms with Crippen LogP contribution in [-0.2, 0) is 4.79 Å². The standard InChI is InChI=1S/C14H17N3O2/c1-16-13(18)8-10-17-14(19)12-7-3-2-5-11(12)6-4-9-15/h2-3,5,7H,8-10,15H2,1H3,(H,16,18)(H,17,19). The average molecular weight is 259 g/mol. The molecule has 0 spiro atoms. The summed E-state index contributed by atoms with van der Waals surface area (Å²) < 4.78 is 0. The fourth-order valence-electron chi connectivity index (χ4n) is 1.45. The summed E-state index contributed by atoms with van der Waals surface area (Å²) in [5, 5.41) is 5.17. The molecule has 0 fully saturated rings. The number of carbonyl (C=O) groups is 2. The average Bonchev–Trinajstić information content (AvgIpc) is 2.45. The Balaban J connectivity index is 2.69. The maximum atomic E-state index is 12.0. The van der Waals surface area contributed by atoms with E-state index in [2.05, 4.69) is 22.5 Å². The summed E-state index contributed by atoms with van der Waals surface area (Å²) in [6.45, 7) is 0.532. The second-order valence-electron chi connectivity index (χ2n) is 3.73. The fourth-order valence-corrected chi connectivity index (χ4v) is 1.45. The Labute approximate surface area is 112 Å². The van der Waals surface area contributed by atoms with Crippen LogP contribution < -0.4 is 16.4 Å². The van der Waals surface area contributed by atoms with Gasteiger partial charge in [0.15, 0.2) is 0 Å². The number of nitrogens with one attached hydrogen (secondary N) is 2. The third-order valence-electron chi connectivity index (χ3n) is 2.41. The third-order valence-corrected chi connectivity index (χ3v) is 2.41. The maximum Gasteiger partial charge on any atom is 0.252 e. The predicted molar refractivity (Wildman–Crippen MR) is 73.4 cm³/mol. The van der Waals surface area contributed by atoms with E-state index < -0.39 is 0 Å². The van der Waals surface area contributed by atoms with Crippen molar-refractivity contribution in [2.24, 2.45) is 5.73 Å². The van der Waals surface area contributed by atoms with Crippen molar-refractivity contribution >= 4 is 11.8 Å².